The van der Waals surface area contributed by atoms with Crippen molar-refractivity contribution >= 4 is 12.2 Å². The Labute approximate surface area is 71.1 Å². The van der Waals surface area contributed by atoms with Gasteiger partial charge in [0.05, 0.1) is 6.61 Å². The Hall–Kier alpha value is -1.51. The highest BCUT2D eigenvalue weighted by Gasteiger charge is 1.96. The average molecular weight is 165 g/mol. The number of anilines is 1. The third-order valence-corrected chi connectivity index (χ3v) is 1.61. The summed E-state index contributed by atoms with van der Waals surface area (Å²) >= 11 is 0. The number of para-hydroxylation sites is 1. The Bertz CT molecular complexity index is 260. The van der Waals surface area contributed by atoms with Crippen LogP contribution < -0.4 is 5.73 Å². The summed E-state index contributed by atoms with van der Waals surface area (Å²) in [5.74, 6) is 0. The van der Waals surface area contributed by atoms with Crippen molar-refractivity contribution in [3.8, 4) is 0 Å². The quantitative estimate of drug-likeness (QED) is 0.411. The van der Waals surface area contributed by atoms with Gasteiger partial charge in [0.2, 0.25) is 0 Å². The predicted octanol–water partition coefficient (Wildman–Crippen LogP) is 0.984. The molecule has 0 saturated carbocycles. The number of carbonyl (C=O) groups excluding carboxylic acids is 1. The molecule has 0 heterocycles. The molecule has 1 aromatic carbocycles. The summed E-state index contributed by atoms with van der Waals surface area (Å²) < 4.78 is 4.56. The monoisotopic (exact) mass is 165 g/mol. The normalized spacial score (nSPS) is 9.33. The van der Waals surface area contributed by atoms with Gasteiger partial charge < -0.3 is 10.5 Å². The van der Waals surface area contributed by atoms with Crippen LogP contribution >= 0.6 is 0 Å². The SMILES string of the molecule is Nc1ccccc1CCOC=O. The third kappa shape index (κ3) is 2.27. The summed E-state index contributed by atoms with van der Waals surface area (Å²) in [4.78, 5) is 9.83. The molecule has 0 fully saturated rings. The first-order chi connectivity index (χ1) is 5.84. The maximum absolute atomic E-state index is 9.83. The standard InChI is InChI=1S/C9H11NO2/c10-9-4-2-1-3-8(9)5-6-12-7-11/h1-4,7H,5-6,10H2. The molecule has 0 amide bonds. The number of hydrogen-bond acceptors (Lipinski definition) is 3. The Balaban J connectivity index is 2.51. The van der Waals surface area contributed by atoms with Gasteiger partial charge in [-0.3, -0.25) is 4.79 Å². The topological polar surface area (TPSA) is 52.3 Å². The van der Waals surface area contributed by atoms with Crippen LogP contribution in [0.15, 0.2) is 24.3 Å². The van der Waals surface area contributed by atoms with Gasteiger partial charge >= 0.3 is 0 Å². The van der Waals surface area contributed by atoms with Crippen LogP contribution in [0.4, 0.5) is 5.69 Å². The Morgan fingerprint density at radius 3 is 2.83 bits per heavy atom. The molecular weight excluding hydrogens is 154 g/mol. The zero-order valence-electron chi connectivity index (χ0n) is 6.69. The van der Waals surface area contributed by atoms with Crippen molar-refractivity contribution in [1.29, 1.82) is 0 Å². The molecule has 0 aliphatic heterocycles. The Morgan fingerprint density at radius 2 is 2.17 bits per heavy atom. The lowest BCUT2D eigenvalue weighted by Crippen LogP contribution is -1.99. The van der Waals surface area contributed by atoms with Gasteiger partial charge in [-0.1, -0.05) is 18.2 Å². The third-order valence-electron chi connectivity index (χ3n) is 1.61. The minimum Gasteiger partial charge on any atom is -0.468 e. The minimum atomic E-state index is 0.387. The van der Waals surface area contributed by atoms with Gasteiger partial charge in [-0.2, -0.15) is 0 Å². The van der Waals surface area contributed by atoms with Crippen LogP contribution in [-0.4, -0.2) is 13.1 Å². The van der Waals surface area contributed by atoms with E-state index in [0.29, 0.717) is 19.5 Å². The number of benzene rings is 1. The van der Waals surface area contributed by atoms with Gasteiger partial charge in [0.25, 0.3) is 6.47 Å². The van der Waals surface area contributed by atoms with E-state index < -0.39 is 0 Å². The molecule has 0 aromatic heterocycles. The minimum absolute atomic E-state index is 0.387. The smallest absolute Gasteiger partial charge is 0.293 e. The van der Waals surface area contributed by atoms with Crippen LogP contribution in [-0.2, 0) is 16.0 Å². The number of nitrogens with two attached hydrogens (primary N) is 1. The summed E-state index contributed by atoms with van der Waals surface area (Å²) in [5, 5.41) is 0. The molecule has 12 heavy (non-hydrogen) atoms. The van der Waals surface area contributed by atoms with Gasteiger partial charge in [-0.15, -0.1) is 0 Å². The Kier molecular flexibility index (Phi) is 3.14. The highest BCUT2D eigenvalue weighted by Crippen LogP contribution is 2.10. The Morgan fingerprint density at radius 1 is 1.42 bits per heavy atom. The molecule has 1 rings (SSSR count). The molecule has 0 unspecified atom stereocenters. The summed E-state index contributed by atoms with van der Waals surface area (Å²) in [6, 6.07) is 7.53. The summed E-state index contributed by atoms with van der Waals surface area (Å²) in [7, 11) is 0. The molecule has 1 aromatic rings. The van der Waals surface area contributed by atoms with Gasteiger partial charge in [-0.25, -0.2) is 0 Å². The average Bonchev–Trinajstić information content (AvgIpc) is 2.09. The van der Waals surface area contributed by atoms with Crippen molar-refractivity contribution in [3.05, 3.63) is 29.8 Å². The van der Waals surface area contributed by atoms with Crippen LogP contribution in [0.25, 0.3) is 0 Å². The molecule has 2 N–H and O–H groups in total. The lowest BCUT2D eigenvalue weighted by atomic mass is 10.1. The largest absolute Gasteiger partial charge is 0.468 e. The van der Waals surface area contributed by atoms with Crippen LogP contribution in [0.1, 0.15) is 5.56 Å². The van der Waals surface area contributed by atoms with E-state index in [2.05, 4.69) is 4.74 Å². The van der Waals surface area contributed by atoms with Crippen molar-refractivity contribution in [2.45, 2.75) is 6.42 Å². The zero-order chi connectivity index (χ0) is 8.81. The van der Waals surface area contributed by atoms with Crippen molar-refractivity contribution in [1.82, 2.24) is 0 Å². The van der Waals surface area contributed by atoms with Gasteiger partial charge in [0, 0.05) is 12.1 Å². The van der Waals surface area contributed by atoms with Crippen LogP contribution in [0.3, 0.4) is 0 Å². The van der Waals surface area contributed by atoms with Gasteiger partial charge in [0.15, 0.2) is 0 Å². The first-order valence-electron chi connectivity index (χ1n) is 3.73. The number of ether oxygens (including phenoxy) is 1. The molecule has 0 saturated heterocycles. The number of carbonyl (C=O) groups is 1. The maximum Gasteiger partial charge on any atom is 0.293 e. The molecule has 0 radical (unpaired) electrons. The molecule has 0 bridgehead atoms. The second-order valence-electron chi connectivity index (χ2n) is 2.42. The molecule has 0 spiro atoms. The van der Waals surface area contributed by atoms with E-state index in [1.807, 2.05) is 24.3 Å². The first kappa shape index (κ1) is 8.59. The maximum atomic E-state index is 9.83. The van der Waals surface area contributed by atoms with Crippen molar-refractivity contribution < 1.29 is 9.53 Å². The van der Waals surface area contributed by atoms with Crippen molar-refractivity contribution in [2.75, 3.05) is 12.3 Å². The lowest BCUT2D eigenvalue weighted by molar-refractivity contribution is -0.128. The summed E-state index contributed by atoms with van der Waals surface area (Å²) in [5.41, 5.74) is 7.41. The number of hydrogen-bond donors (Lipinski definition) is 1. The fourth-order valence-corrected chi connectivity index (χ4v) is 0.979. The van der Waals surface area contributed by atoms with Gasteiger partial charge in [-0.05, 0) is 11.6 Å². The molecule has 0 aliphatic rings. The predicted molar refractivity (Wildman–Crippen MR) is 46.6 cm³/mol. The summed E-state index contributed by atoms with van der Waals surface area (Å²) in [6.07, 6.45) is 0.672. The number of nitrogen functional groups attached to an aromatic ring is 1. The van der Waals surface area contributed by atoms with E-state index in [9.17, 15) is 4.79 Å². The van der Waals surface area contributed by atoms with E-state index in [-0.39, 0.29) is 0 Å². The van der Waals surface area contributed by atoms with Gasteiger partial charge in [0.1, 0.15) is 0 Å². The van der Waals surface area contributed by atoms with Crippen molar-refractivity contribution in [3.63, 3.8) is 0 Å². The van der Waals surface area contributed by atoms with E-state index in [0.717, 1.165) is 11.3 Å². The highest BCUT2D eigenvalue weighted by atomic mass is 16.5. The first-order valence-corrected chi connectivity index (χ1v) is 3.73. The van der Waals surface area contributed by atoms with E-state index in [1.54, 1.807) is 0 Å². The van der Waals surface area contributed by atoms with Crippen LogP contribution in [0, 0.1) is 0 Å². The zero-order valence-corrected chi connectivity index (χ0v) is 6.69. The summed E-state index contributed by atoms with van der Waals surface area (Å²) in [6.45, 7) is 0.830. The van der Waals surface area contributed by atoms with Crippen LogP contribution in [0.2, 0.25) is 0 Å². The van der Waals surface area contributed by atoms with E-state index in [4.69, 9.17) is 5.73 Å². The highest BCUT2D eigenvalue weighted by molar-refractivity contribution is 5.46. The van der Waals surface area contributed by atoms with Crippen molar-refractivity contribution in [2.24, 2.45) is 0 Å². The molecule has 3 nitrogen and oxygen atoms in total. The van der Waals surface area contributed by atoms with Crippen LogP contribution in [0.5, 0.6) is 0 Å². The molecule has 64 valence electrons. The number of rotatable bonds is 4. The molecule has 0 atom stereocenters. The van der Waals surface area contributed by atoms with E-state index >= 15 is 0 Å². The lowest BCUT2D eigenvalue weighted by Gasteiger charge is -2.02. The second kappa shape index (κ2) is 4.38. The fourth-order valence-electron chi connectivity index (χ4n) is 0.979. The fraction of sp³-hybridized carbons (Fsp3) is 0.222. The molecule has 3 heteroatoms. The second-order valence-corrected chi connectivity index (χ2v) is 2.42. The van der Waals surface area contributed by atoms with E-state index in [1.165, 1.54) is 0 Å². The molecular formula is C9H11NO2. The molecule has 0 aliphatic carbocycles.